The van der Waals surface area contributed by atoms with Crippen LogP contribution in [0.3, 0.4) is 0 Å². The minimum absolute atomic E-state index is 0.0642. The summed E-state index contributed by atoms with van der Waals surface area (Å²) in [5, 5.41) is 11.7. The molecule has 0 aromatic heterocycles. The van der Waals surface area contributed by atoms with Crippen molar-refractivity contribution in [3.8, 4) is 11.8 Å². The SMILES string of the molecule is CC(C)[C@](C)(C#N)NC(=O)[C@H](C)Oc1cccc(C(F)(F)F)c1. The molecule has 2 atom stereocenters. The topological polar surface area (TPSA) is 62.1 Å². The minimum Gasteiger partial charge on any atom is -0.481 e. The van der Waals surface area contributed by atoms with Crippen LogP contribution in [0.5, 0.6) is 5.75 Å². The van der Waals surface area contributed by atoms with Gasteiger partial charge in [0.25, 0.3) is 5.91 Å². The Balaban J connectivity index is 2.82. The molecule has 1 aromatic rings. The van der Waals surface area contributed by atoms with E-state index in [4.69, 9.17) is 4.74 Å². The molecule has 0 aliphatic carbocycles. The van der Waals surface area contributed by atoms with Crippen LogP contribution in [0, 0.1) is 17.2 Å². The molecule has 1 amide bonds. The summed E-state index contributed by atoms with van der Waals surface area (Å²) < 4.78 is 43.2. The smallest absolute Gasteiger partial charge is 0.416 e. The number of carbonyl (C=O) groups excluding carboxylic acids is 1. The van der Waals surface area contributed by atoms with Gasteiger partial charge in [0.1, 0.15) is 11.3 Å². The van der Waals surface area contributed by atoms with Gasteiger partial charge >= 0.3 is 6.18 Å². The van der Waals surface area contributed by atoms with E-state index in [2.05, 4.69) is 5.32 Å². The summed E-state index contributed by atoms with van der Waals surface area (Å²) in [7, 11) is 0. The monoisotopic (exact) mass is 328 g/mol. The zero-order valence-corrected chi connectivity index (χ0v) is 13.4. The van der Waals surface area contributed by atoms with Crippen LogP contribution in [-0.4, -0.2) is 17.6 Å². The molecule has 1 aromatic carbocycles. The van der Waals surface area contributed by atoms with Crippen LogP contribution in [0.4, 0.5) is 13.2 Å². The number of benzene rings is 1. The Bertz CT molecular complexity index is 608. The zero-order chi connectivity index (χ0) is 17.8. The molecule has 0 fully saturated rings. The lowest BCUT2D eigenvalue weighted by Crippen LogP contribution is -2.52. The summed E-state index contributed by atoms with van der Waals surface area (Å²) in [6.07, 6.45) is -5.52. The van der Waals surface area contributed by atoms with Gasteiger partial charge in [0, 0.05) is 0 Å². The number of nitriles is 1. The number of nitrogens with zero attached hydrogens (tertiary/aromatic N) is 1. The van der Waals surface area contributed by atoms with E-state index in [0.29, 0.717) is 0 Å². The summed E-state index contributed by atoms with van der Waals surface area (Å²) in [5.74, 6) is -0.775. The number of carbonyl (C=O) groups is 1. The normalized spacial score (nSPS) is 15.4. The predicted octanol–water partition coefficient (Wildman–Crippen LogP) is 3.53. The number of halogens is 3. The highest BCUT2D eigenvalue weighted by molar-refractivity contribution is 5.81. The average molecular weight is 328 g/mol. The van der Waals surface area contributed by atoms with Gasteiger partial charge in [0.2, 0.25) is 0 Å². The van der Waals surface area contributed by atoms with E-state index >= 15 is 0 Å². The van der Waals surface area contributed by atoms with E-state index in [9.17, 15) is 23.2 Å². The highest BCUT2D eigenvalue weighted by atomic mass is 19.4. The molecule has 23 heavy (non-hydrogen) atoms. The molecule has 0 bridgehead atoms. The number of rotatable bonds is 5. The molecule has 0 radical (unpaired) electrons. The number of ether oxygens (including phenoxy) is 1. The van der Waals surface area contributed by atoms with E-state index in [-0.39, 0.29) is 11.7 Å². The van der Waals surface area contributed by atoms with E-state index in [0.717, 1.165) is 12.1 Å². The van der Waals surface area contributed by atoms with Crippen molar-refractivity contribution < 1.29 is 22.7 Å². The quantitative estimate of drug-likeness (QED) is 0.899. The van der Waals surface area contributed by atoms with Crippen LogP contribution in [0.1, 0.15) is 33.3 Å². The number of alkyl halides is 3. The standard InChI is InChI=1S/C16H19F3N2O2/c1-10(2)15(4,9-20)21-14(22)11(3)23-13-7-5-6-12(8-13)16(17,18)19/h5-8,10-11H,1-4H3,(H,21,22)/t11-,15-/m0/s1. The molecule has 7 heteroatoms. The number of hydrogen-bond donors (Lipinski definition) is 1. The second kappa shape index (κ2) is 6.90. The first-order valence-electron chi connectivity index (χ1n) is 7.07. The van der Waals surface area contributed by atoms with Crippen LogP contribution in [-0.2, 0) is 11.0 Å². The third-order valence-corrected chi connectivity index (χ3v) is 3.61. The van der Waals surface area contributed by atoms with E-state index in [1.165, 1.54) is 19.1 Å². The fraction of sp³-hybridized carbons (Fsp3) is 0.500. The molecular formula is C16H19F3N2O2. The Kier molecular flexibility index (Phi) is 5.65. The summed E-state index contributed by atoms with van der Waals surface area (Å²) in [6, 6.07) is 6.31. The third kappa shape index (κ3) is 4.88. The molecule has 0 unspecified atom stereocenters. The van der Waals surface area contributed by atoms with Crippen LogP contribution < -0.4 is 10.1 Å². The molecule has 4 nitrogen and oxygen atoms in total. The lowest BCUT2D eigenvalue weighted by Gasteiger charge is -2.28. The molecule has 0 aliphatic heterocycles. The van der Waals surface area contributed by atoms with Gasteiger partial charge in [-0.3, -0.25) is 4.79 Å². The number of hydrogen-bond acceptors (Lipinski definition) is 3. The average Bonchev–Trinajstić information content (AvgIpc) is 2.46. The molecule has 1 rings (SSSR count). The van der Waals surface area contributed by atoms with Crippen molar-refractivity contribution in [2.45, 2.75) is 45.5 Å². The van der Waals surface area contributed by atoms with Gasteiger partial charge in [-0.05, 0) is 38.0 Å². The van der Waals surface area contributed by atoms with Crippen molar-refractivity contribution in [3.05, 3.63) is 29.8 Å². The maximum atomic E-state index is 12.7. The molecule has 0 spiro atoms. The zero-order valence-electron chi connectivity index (χ0n) is 13.4. The van der Waals surface area contributed by atoms with Gasteiger partial charge in [0.15, 0.2) is 6.10 Å². The molecular weight excluding hydrogens is 309 g/mol. The Hall–Kier alpha value is -2.23. The van der Waals surface area contributed by atoms with Crippen molar-refractivity contribution >= 4 is 5.91 Å². The molecule has 1 N–H and O–H groups in total. The van der Waals surface area contributed by atoms with Crippen molar-refractivity contribution in [2.24, 2.45) is 5.92 Å². The van der Waals surface area contributed by atoms with Gasteiger partial charge in [-0.25, -0.2) is 0 Å². The van der Waals surface area contributed by atoms with Crippen LogP contribution in [0.15, 0.2) is 24.3 Å². The lowest BCUT2D eigenvalue weighted by atomic mass is 9.90. The predicted molar refractivity (Wildman–Crippen MR) is 78.5 cm³/mol. The second-order valence-electron chi connectivity index (χ2n) is 5.74. The third-order valence-electron chi connectivity index (χ3n) is 3.61. The highest BCUT2D eigenvalue weighted by Gasteiger charge is 2.33. The Morgan fingerprint density at radius 1 is 1.30 bits per heavy atom. The van der Waals surface area contributed by atoms with Crippen LogP contribution in [0.25, 0.3) is 0 Å². The van der Waals surface area contributed by atoms with Gasteiger partial charge in [-0.2, -0.15) is 18.4 Å². The second-order valence-corrected chi connectivity index (χ2v) is 5.74. The molecule has 0 aliphatic rings. The molecule has 0 heterocycles. The summed E-state index contributed by atoms with van der Waals surface area (Å²) in [5.41, 5.74) is -1.94. The minimum atomic E-state index is -4.48. The van der Waals surface area contributed by atoms with E-state index in [1.807, 2.05) is 6.07 Å². The molecule has 0 saturated carbocycles. The van der Waals surface area contributed by atoms with Crippen LogP contribution in [0.2, 0.25) is 0 Å². The van der Waals surface area contributed by atoms with Crippen molar-refractivity contribution in [2.75, 3.05) is 0 Å². The Morgan fingerprint density at radius 2 is 1.91 bits per heavy atom. The maximum Gasteiger partial charge on any atom is 0.416 e. The fourth-order valence-corrected chi connectivity index (χ4v) is 1.66. The Labute approximate surface area is 133 Å². The van der Waals surface area contributed by atoms with Crippen LogP contribution >= 0.6 is 0 Å². The first-order chi connectivity index (χ1) is 10.5. The van der Waals surface area contributed by atoms with Crippen molar-refractivity contribution in [1.82, 2.24) is 5.32 Å². The van der Waals surface area contributed by atoms with Crippen molar-refractivity contribution in [1.29, 1.82) is 5.26 Å². The van der Waals surface area contributed by atoms with Gasteiger partial charge in [0.05, 0.1) is 11.6 Å². The van der Waals surface area contributed by atoms with Gasteiger partial charge < -0.3 is 10.1 Å². The largest absolute Gasteiger partial charge is 0.481 e. The maximum absolute atomic E-state index is 12.7. The molecule has 126 valence electrons. The van der Waals surface area contributed by atoms with Gasteiger partial charge in [-0.1, -0.05) is 19.9 Å². The van der Waals surface area contributed by atoms with Gasteiger partial charge in [-0.15, -0.1) is 0 Å². The Morgan fingerprint density at radius 3 is 2.39 bits per heavy atom. The fourth-order valence-electron chi connectivity index (χ4n) is 1.66. The number of amides is 1. The molecule has 0 saturated heterocycles. The van der Waals surface area contributed by atoms with E-state index in [1.54, 1.807) is 20.8 Å². The van der Waals surface area contributed by atoms with Crippen molar-refractivity contribution in [3.63, 3.8) is 0 Å². The summed E-state index contributed by atoms with van der Waals surface area (Å²) in [4.78, 5) is 12.1. The van der Waals surface area contributed by atoms with E-state index < -0.39 is 29.3 Å². The first kappa shape index (κ1) is 18.8. The lowest BCUT2D eigenvalue weighted by molar-refractivity contribution is -0.137. The number of nitrogens with one attached hydrogen (secondary N) is 1. The summed E-state index contributed by atoms with van der Waals surface area (Å²) >= 11 is 0. The summed E-state index contributed by atoms with van der Waals surface area (Å²) in [6.45, 7) is 6.55. The highest BCUT2D eigenvalue weighted by Crippen LogP contribution is 2.31. The first-order valence-corrected chi connectivity index (χ1v) is 7.07.